The molecule has 0 aromatic carbocycles. The van der Waals surface area contributed by atoms with Crippen LogP contribution in [0.25, 0.3) is 0 Å². The molecule has 3 saturated carbocycles. The zero-order valence-electron chi connectivity index (χ0n) is 9.21. The van der Waals surface area contributed by atoms with Gasteiger partial charge in [-0.05, 0) is 62.2 Å². The van der Waals surface area contributed by atoms with Crippen LogP contribution in [0, 0.1) is 23.7 Å². The zero-order chi connectivity index (χ0) is 9.76. The average molecular weight is 194 g/mol. The third-order valence-electron chi connectivity index (χ3n) is 5.22. The summed E-state index contributed by atoms with van der Waals surface area (Å²) in [6.07, 6.45) is 9.21. The van der Waals surface area contributed by atoms with E-state index < -0.39 is 0 Å². The van der Waals surface area contributed by atoms with Crippen molar-refractivity contribution in [2.75, 3.05) is 0 Å². The van der Waals surface area contributed by atoms with Crippen LogP contribution >= 0.6 is 0 Å². The van der Waals surface area contributed by atoms with E-state index in [4.69, 9.17) is 0 Å². The minimum atomic E-state index is -0.258. The summed E-state index contributed by atoms with van der Waals surface area (Å²) in [5.41, 5.74) is -0.258. The van der Waals surface area contributed by atoms with Gasteiger partial charge in [0.1, 0.15) is 0 Å². The number of hydrogen-bond acceptors (Lipinski definition) is 1. The largest absolute Gasteiger partial charge is 0.390 e. The normalized spacial score (nSPS) is 56.1. The minimum Gasteiger partial charge on any atom is -0.390 e. The van der Waals surface area contributed by atoms with Crippen LogP contribution in [0.5, 0.6) is 0 Å². The highest BCUT2D eigenvalue weighted by atomic mass is 16.3. The van der Waals surface area contributed by atoms with Gasteiger partial charge in [-0.2, -0.15) is 0 Å². The molecular weight excluding hydrogens is 172 g/mol. The molecule has 0 radical (unpaired) electrons. The molecule has 0 aliphatic heterocycles. The van der Waals surface area contributed by atoms with Crippen molar-refractivity contribution in [3.05, 3.63) is 0 Å². The average Bonchev–Trinajstić information content (AvgIpc) is 2.93. The molecule has 1 N–H and O–H groups in total. The molecule has 1 heteroatoms. The van der Waals surface area contributed by atoms with Crippen LogP contribution in [0.1, 0.15) is 51.9 Å². The van der Waals surface area contributed by atoms with Crippen molar-refractivity contribution in [2.45, 2.75) is 57.5 Å². The van der Waals surface area contributed by atoms with E-state index in [1.807, 2.05) is 0 Å². The highest BCUT2D eigenvalue weighted by molar-refractivity contribution is 4.99. The van der Waals surface area contributed by atoms with Gasteiger partial charge in [0, 0.05) is 0 Å². The van der Waals surface area contributed by atoms with E-state index in [-0.39, 0.29) is 5.60 Å². The summed E-state index contributed by atoms with van der Waals surface area (Å²) < 4.78 is 0. The molecule has 3 rings (SSSR count). The summed E-state index contributed by atoms with van der Waals surface area (Å²) in [7, 11) is 0. The summed E-state index contributed by atoms with van der Waals surface area (Å²) in [5.74, 6) is 3.58. The van der Waals surface area contributed by atoms with Gasteiger partial charge < -0.3 is 5.11 Å². The number of rotatable bonds is 2. The molecule has 0 heterocycles. The monoisotopic (exact) mass is 194 g/mol. The SMILES string of the molecule is CC1CCC1(O)CC1CCC2CC2C1. The molecule has 3 aliphatic carbocycles. The molecule has 80 valence electrons. The zero-order valence-corrected chi connectivity index (χ0v) is 9.21. The Morgan fingerprint density at radius 2 is 2.00 bits per heavy atom. The second kappa shape index (κ2) is 2.98. The van der Waals surface area contributed by atoms with Gasteiger partial charge >= 0.3 is 0 Å². The van der Waals surface area contributed by atoms with Crippen LogP contribution < -0.4 is 0 Å². The molecule has 0 aromatic rings. The van der Waals surface area contributed by atoms with Crippen molar-refractivity contribution >= 4 is 0 Å². The van der Waals surface area contributed by atoms with Gasteiger partial charge in [-0.1, -0.05) is 13.3 Å². The van der Waals surface area contributed by atoms with Crippen LogP contribution in [0.4, 0.5) is 0 Å². The van der Waals surface area contributed by atoms with Crippen molar-refractivity contribution in [1.82, 2.24) is 0 Å². The van der Waals surface area contributed by atoms with Crippen LogP contribution in [0.15, 0.2) is 0 Å². The standard InChI is InChI=1S/C13H22O/c1-9-4-5-13(9,14)8-10-2-3-11-7-12(11)6-10/h9-12,14H,2-8H2,1H3. The van der Waals surface area contributed by atoms with Crippen molar-refractivity contribution < 1.29 is 5.11 Å². The number of fused-ring (bicyclic) bond motifs is 1. The van der Waals surface area contributed by atoms with Crippen molar-refractivity contribution in [3.63, 3.8) is 0 Å². The van der Waals surface area contributed by atoms with Gasteiger partial charge in [0.2, 0.25) is 0 Å². The van der Waals surface area contributed by atoms with Gasteiger partial charge in [0.25, 0.3) is 0 Å². The molecule has 5 unspecified atom stereocenters. The Morgan fingerprint density at radius 1 is 1.14 bits per heavy atom. The molecule has 0 saturated heterocycles. The molecule has 0 bridgehead atoms. The minimum absolute atomic E-state index is 0.258. The molecular formula is C13H22O. The molecule has 3 fully saturated rings. The fraction of sp³-hybridized carbons (Fsp3) is 1.00. The van der Waals surface area contributed by atoms with E-state index in [0.717, 1.165) is 30.6 Å². The highest BCUT2D eigenvalue weighted by Crippen LogP contribution is 2.54. The summed E-state index contributed by atoms with van der Waals surface area (Å²) >= 11 is 0. The first-order valence-electron chi connectivity index (χ1n) is 6.40. The molecule has 0 aromatic heterocycles. The molecule has 3 aliphatic rings. The Bertz CT molecular complexity index is 237. The Balaban J connectivity index is 1.56. The molecule has 5 atom stereocenters. The second-order valence-electron chi connectivity index (χ2n) is 6.18. The van der Waals surface area contributed by atoms with E-state index in [2.05, 4.69) is 6.92 Å². The van der Waals surface area contributed by atoms with Gasteiger partial charge in [-0.25, -0.2) is 0 Å². The summed E-state index contributed by atoms with van der Waals surface area (Å²) in [6.45, 7) is 2.21. The van der Waals surface area contributed by atoms with Crippen molar-refractivity contribution in [2.24, 2.45) is 23.7 Å². The maximum atomic E-state index is 10.3. The molecule has 0 spiro atoms. The highest BCUT2D eigenvalue weighted by Gasteiger charge is 2.47. The topological polar surface area (TPSA) is 20.2 Å². The molecule has 14 heavy (non-hydrogen) atoms. The van der Waals surface area contributed by atoms with Crippen LogP contribution in [0.3, 0.4) is 0 Å². The third kappa shape index (κ3) is 1.41. The lowest BCUT2D eigenvalue weighted by atomic mass is 9.65. The Hall–Kier alpha value is -0.0400. The van der Waals surface area contributed by atoms with Crippen molar-refractivity contribution in [3.8, 4) is 0 Å². The van der Waals surface area contributed by atoms with Crippen molar-refractivity contribution in [1.29, 1.82) is 0 Å². The Morgan fingerprint density at radius 3 is 2.57 bits per heavy atom. The fourth-order valence-electron chi connectivity index (χ4n) is 3.70. The Kier molecular flexibility index (Phi) is 1.96. The third-order valence-corrected chi connectivity index (χ3v) is 5.22. The van der Waals surface area contributed by atoms with E-state index in [0.29, 0.717) is 5.92 Å². The van der Waals surface area contributed by atoms with E-state index in [9.17, 15) is 5.11 Å². The first-order chi connectivity index (χ1) is 6.67. The van der Waals surface area contributed by atoms with E-state index in [1.54, 1.807) is 0 Å². The van der Waals surface area contributed by atoms with E-state index >= 15 is 0 Å². The Labute approximate surface area is 86.9 Å². The summed E-state index contributed by atoms with van der Waals surface area (Å²) in [4.78, 5) is 0. The fourth-order valence-corrected chi connectivity index (χ4v) is 3.70. The lowest BCUT2D eigenvalue weighted by Crippen LogP contribution is -2.47. The predicted molar refractivity (Wildman–Crippen MR) is 56.9 cm³/mol. The summed E-state index contributed by atoms with van der Waals surface area (Å²) in [6, 6.07) is 0. The smallest absolute Gasteiger partial charge is 0.0676 e. The number of hydrogen-bond donors (Lipinski definition) is 1. The lowest BCUT2D eigenvalue weighted by molar-refractivity contribution is -0.105. The first-order valence-corrected chi connectivity index (χ1v) is 6.40. The van der Waals surface area contributed by atoms with E-state index in [1.165, 1.54) is 32.1 Å². The van der Waals surface area contributed by atoms with Gasteiger partial charge in [0.05, 0.1) is 5.60 Å². The molecule has 0 amide bonds. The predicted octanol–water partition coefficient (Wildman–Crippen LogP) is 2.97. The van der Waals surface area contributed by atoms with Gasteiger partial charge in [-0.15, -0.1) is 0 Å². The van der Waals surface area contributed by atoms with Crippen LogP contribution in [-0.4, -0.2) is 10.7 Å². The summed E-state index contributed by atoms with van der Waals surface area (Å²) in [5, 5.41) is 10.3. The van der Waals surface area contributed by atoms with Gasteiger partial charge in [-0.3, -0.25) is 0 Å². The second-order valence-corrected chi connectivity index (χ2v) is 6.18. The number of aliphatic hydroxyl groups is 1. The quantitative estimate of drug-likeness (QED) is 0.716. The van der Waals surface area contributed by atoms with Gasteiger partial charge in [0.15, 0.2) is 0 Å². The first kappa shape index (κ1) is 9.21. The van der Waals surface area contributed by atoms with Crippen LogP contribution in [0.2, 0.25) is 0 Å². The lowest BCUT2D eigenvalue weighted by Gasteiger charge is -2.46. The van der Waals surface area contributed by atoms with Crippen LogP contribution in [-0.2, 0) is 0 Å². The maximum absolute atomic E-state index is 10.3. The molecule has 1 nitrogen and oxygen atoms in total. The maximum Gasteiger partial charge on any atom is 0.0676 e.